The van der Waals surface area contributed by atoms with Crippen molar-refractivity contribution in [2.75, 3.05) is 0 Å². The van der Waals surface area contributed by atoms with Gasteiger partial charge >= 0.3 is 5.97 Å². The minimum Gasteiger partial charge on any atom is -0.479 e. The van der Waals surface area contributed by atoms with Crippen molar-refractivity contribution in [1.82, 2.24) is 0 Å². The van der Waals surface area contributed by atoms with Crippen LogP contribution in [-0.2, 0) is 4.79 Å². The molecule has 2 N–H and O–H groups in total. The van der Waals surface area contributed by atoms with Crippen molar-refractivity contribution in [2.45, 2.75) is 32.5 Å². The number of carbonyl (C=O) groups is 1. The normalized spacial score (nSPS) is 14.2. The molecule has 0 aromatic heterocycles. The summed E-state index contributed by atoms with van der Waals surface area (Å²) >= 11 is 0. The lowest BCUT2D eigenvalue weighted by atomic mass is 10.1. The monoisotopic (exact) mass is 224 g/mol. The van der Waals surface area contributed by atoms with Crippen LogP contribution in [0.5, 0.6) is 5.75 Å². The van der Waals surface area contributed by atoms with E-state index in [9.17, 15) is 9.90 Å². The largest absolute Gasteiger partial charge is 0.479 e. The number of carboxylic acids is 1. The highest BCUT2D eigenvalue weighted by Gasteiger charge is 2.16. The first-order valence-corrected chi connectivity index (χ1v) is 5.22. The summed E-state index contributed by atoms with van der Waals surface area (Å²) < 4.78 is 5.31. The molecule has 0 spiro atoms. The summed E-state index contributed by atoms with van der Waals surface area (Å²) in [5.41, 5.74) is 0.706. The quantitative estimate of drug-likeness (QED) is 0.802. The van der Waals surface area contributed by atoms with Gasteiger partial charge in [-0.05, 0) is 31.0 Å². The SMILES string of the molecule is CCC(Oc1cccc([C@@H](C)O)c1)C(=O)O. The average molecular weight is 224 g/mol. The summed E-state index contributed by atoms with van der Waals surface area (Å²) in [6, 6.07) is 6.82. The van der Waals surface area contributed by atoms with E-state index in [0.717, 1.165) is 0 Å². The molecule has 1 unspecified atom stereocenters. The molecule has 0 heterocycles. The smallest absolute Gasteiger partial charge is 0.344 e. The van der Waals surface area contributed by atoms with Crippen LogP contribution in [0.15, 0.2) is 24.3 Å². The molecule has 0 saturated carbocycles. The lowest BCUT2D eigenvalue weighted by Gasteiger charge is -2.14. The van der Waals surface area contributed by atoms with Gasteiger partial charge in [0, 0.05) is 0 Å². The van der Waals surface area contributed by atoms with E-state index in [1.165, 1.54) is 0 Å². The van der Waals surface area contributed by atoms with Crippen LogP contribution in [-0.4, -0.2) is 22.3 Å². The highest BCUT2D eigenvalue weighted by Crippen LogP contribution is 2.20. The maximum atomic E-state index is 10.8. The van der Waals surface area contributed by atoms with Crippen molar-refractivity contribution in [3.63, 3.8) is 0 Å². The molecule has 16 heavy (non-hydrogen) atoms. The molecular weight excluding hydrogens is 208 g/mol. The molecule has 0 saturated heterocycles. The van der Waals surface area contributed by atoms with E-state index in [4.69, 9.17) is 9.84 Å². The number of rotatable bonds is 5. The van der Waals surface area contributed by atoms with Gasteiger partial charge < -0.3 is 14.9 Å². The molecule has 4 nitrogen and oxygen atoms in total. The number of aliphatic carboxylic acids is 1. The van der Waals surface area contributed by atoms with Crippen LogP contribution in [0.25, 0.3) is 0 Å². The number of benzene rings is 1. The van der Waals surface area contributed by atoms with Crippen LogP contribution in [0.3, 0.4) is 0 Å². The fraction of sp³-hybridized carbons (Fsp3) is 0.417. The zero-order valence-corrected chi connectivity index (χ0v) is 9.38. The molecule has 0 aliphatic carbocycles. The molecular formula is C12H16O4. The van der Waals surface area contributed by atoms with Crippen molar-refractivity contribution < 1.29 is 19.7 Å². The number of ether oxygens (including phenoxy) is 1. The Labute approximate surface area is 94.5 Å². The lowest BCUT2D eigenvalue weighted by molar-refractivity contribution is -0.145. The van der Waals surface area contributed by atoms with Gasteiger partial charge in [0.25, 0.3) is 0 Å². The van der Waals surface area contributed by atoms with E-state index in [0.29, 0.717) is 17.7 Å². The first kappa shape index (κ1) is 12.5. The fourth-order valence-corrected chi connectivity index (χ4v) is 1.32. The number of hydrogen-bond donors (Lipinski definition) is 2. The third kappa shape index (κ3) is 3.24. The molecule has 1 aromatic rings. The number of aliphatic hydroxyl groups is 1. The Balaban J connectivity index is 2.80. The average Bonchev–Trinajstić information content (AvgIpc) is 2.25. The molecule has 0 radical (unpaired) electrons. The van der Waals surface area contributed by atoms with Crippen LogP contribution in [0.4, 0.5) is 0 Å². The predicted molar refractivity (Wildman–Crippen MR) is 59.4 cm³/mol. The Morgan fingerprint density at radius 3 is 2.69 bits per heavy atom. The molecule has 88 valence electrons. The molecule has 1 aromatic carbocycles. The number of hydrogen-bond acceptors (Lipinski definition) is 3. The molecule has 4 heteroatoms. The van der Waals surface area contributed by atoms with E-state index >= 15 is 0 Å². The summed E-state index contributed by atoms with van der Waals surface area (Å²) in [6.45, 7) is 3.39. The van der Waals surface area contributed by atoms with Crippen molar-refractivity contribution in [1.29, 1.82) is 0 Å². The molecule has 0 bridgehead atoms. The van der Waals surface area contributed by atoms with Gasteiger partial charge in [0.2, 0.25) is 0 Å². The molecule has 0 amide bonds. The minimum absolute atomic E-state index is 0.397. The minimum atomic E-state index is -0.982. The molecule has 0 aliphatic heterocycles. The van der Waals surface area contributed by atoms with Crippen LogP contribution in [0, 0.1) is 0 Å². The molecule has 0 aliphatic rings. The number of carboxylic acid groups (broad SMARTS) is 1. The summed E-state index contributed by atoms with van der Waals surface area (Å²) in [6.07, 6.45) is -1.04. The third-order valence-electron chi connectivity index (χ3n) is 2.27. The van der Waals surface area contributed by atoms with Crippen molar-refractivity contribution in [2.24, 2.45) is 0 Å². The molecule has 1 rings (SSSR count). The Kier molecular flexibility index (Phi) is 4.31. The van der Waals surface area contributed by atoms with Gasteiger partial charge in [-0.2, -0.15) is 0 Å². The van der Waals surface area contributed by atoms with Gasteiger partial charge in [0.05, 0.1) is 6.10 Å². The summed E-state index contributed by atoms with van der Waals surface area (Å²) in [7, 11) is 0. The molecule has 2 atom stereocenters. The Morgan fingerprint density at radius 1 is 1.50 bits per heavy atom. The first-order chi connectivity index (χ1) is 7.54. The lowest BCUT2D eigenvalue weighted by Crippen LogP contribution is -2.25. The maximum absolute atomic E-state index is 10.8. The number of aliphatic hydroxyl groups excluding tert-OH is 1. The summed E-state index contributed by atoms with van der Waals surface area (Å²) in [5, 5.41) is 18.2. The Bertz CT molecular complexity index is 360. The van der Waals surface area contributed by atoms with Gasteiger partial charge in [-0.15, -0.1) is 0 Å². The predicted octanol–water partition coefficient (Wildman–Crippen LogP) is 1.98. The third-order valence-corrected chi connectivity index (χ3v) is 2.27. The van der Waals surface area contributed by atoms with Crippen molar-refractivity contribution >= 4 is 5.97 Å². The zero-order chi connectivity index (χ0) is 12.1. The zero-order valence-electron chi connectivity index (χ0n) is 9.38. The second kappa shape index (κ2) is 5.51. The van der Waals surface area contributed by atoms with Gasteiger partial charge in [-0.25, -0.2) is 4.79 Å². The van der Waals surface area contributed by atoms with Gasteiger partial charge in [-0.1, -0.05) is 19.1 Å². The van der Waals surface area contributed by atoms with Crippen molar-refractivity contribution in [3.05, 3.63) is 29.8 Å². The Hall–Kier alpha value is -1.55. The van der Waals surface area contributed by atoms with Crippen LogP contribution in [0.1, 0.15) is 31.9 Å². The van der Waals surface area contributed by atoms with E-state index in [1.807, 2.05) is 0 Å². The Morgan fingerprint density at radius 2 is 2.19 bits per heavy atom. The van der Waals surface area contributed by atoms with Crippen molar-refractivity contribution in [3.8, 4) is 5.75 Å². The molecule has 0 fully saturated rings. The van der Waals surface area contributed by atoms with Gasteiger partial charge in [0.15, 0.2) is 6.10 Å². The van der Waals surface area contributed by atoms with Crippen LogP contribution in [0.2, 0.25) is 0 Å². The van der Waals surface area contributed by atoms with E-state index in [2.05, 4.69) is 0 Å². The van der Waals surface area contributed by atoms with Gasteiger partial charge in [0.1, 0.15) is 5.75 Å². The summed E-state index contributed by atoms with van der Waals surface area (Å²) in [5.74, 6) is -0.516. The van der Waals surface area contributed by atoms with E-state index < -0.39 is 18.2 Å². The highest BCUT2D eigenvalue weighted by atomic mass is 16.5. The second-order valence-electron chi connectivity index (χ2n) is 3.60. The maximum Gasteiger partial charge on any atom is 0.344 e. The highest BCUT2D eigenvalue weighted by molar-refractivity contribution is 5.72. The second-order valence-corrected chi connectivity index (χ2v) is 3.60. The standard InChI is InChI=1S/C12H16O4/c1-3-11(12(14)15)16-10-6-4-5-9(7-10)8(2)13/h4-8,11,13H,3H2,1-2H3,(H,14,15)/t8-,11?/m1/s1. The van der Waals surface area contributed by atoms with E-state index in [1.54, 1.807) is 38.1 Å². The van der Waals surface area contributed by atoms with Crippen LogP contribution >= 0.6 is 0 Å². The van der Waals surface area contributed by atoms with Crippen LogP contribution < -0.4 is 4.74 Å². The van der Waals surface area contributed by atoms with E-state index in [-0.39, 0.29) is 0 Å². The topological polar surface area (TPSA) is 66.8 Å². The first-order valence-electron chi connectivity index (χ1n) is 5.22. The summed E-state index contributed by atoms with van der Waals surface area (Å²) in [4.78, 5) is 10.8. The fourth-order valence-electron chi connectivity index (χ4n) is 1.32. The van der Waals surface area contributed by atoms with Gasteiger partial charge in [-0.3, -0.25) is 0 Å².